The van der Waals surface area contributed by atoms with Gasteiger partial charge >= 0.3 is 6.01 Å². The highest BCUT2D eigenvalue weighted by Gasteiger charge is 2.24. The number of aromatic amines is 1. The van der Waals surface area contributed by atoms with E-state index in [4.69, 9.17) is 26.3 Å². The van der Waals surface area contributed by atoms with Crippen molar-refractivity contribution in [3.63, 3.8) is 0 Å². The van der Waals surface area contributed by atoms with Gasteiger partial charge in [-0.05, 0) is 49.6 Å². The van der Waals surface area contributed by atoms with Crippen molar-refractivity contribution in [2.24, 2.45) is 0 Å². The SMILES string of the molecule is CC(C)(NC(=O)CC#N)c1ccc(Oc2nc3nc(-c4ccc(C5=CCOCC5)cc4)c(Cl)cc3[nH]2)cn1. The van der Waals surface area contributed by atoms with Gasteiger partial charge in [-0.3, -0.25) is 9.78 Å². The molecule has 4 heterocycles. The Hall–Kier alpha value is -4.26. The third kappa shape index (κ3) is 5.52. The molecule has 10 heteroatoms. The Bertz CT molecular complexity index is 1550. The van der Waals surface area contributed by atoms with Crippen LogP contribution in [0.15, 0.2) is 54.7 Å². The summed E-state index contributed by atoms with van der Waals surface area (Å²) in [5.74, 6) is 0.0939. The van der Waals surface area contributed by atoms with Crippen LogP contribution in [0.2, 0.25) is 5.02 Å². The Kier molecular flexibility index (Phi) is 7.09. The molecule has 2 N–H and O–H groups in total. The summed E-state index contributed by atoms with van der Waals surface area (Å²) in [6.45, 7) is 5.01. The van der Waals surface area contributed by atoms with Crippen molar-refractivity contribution < 1.29 is 14.3 Å². The average molecular weight is 529 g/mol. The highest BCUT2D eigenvalue weighted by molar-refractivity contribution is 6.33. The molecule has 0 fully saturated rings. The van der Waals surface area contributed by atoms with Gasteiger partial charge < -0.3 is 19.8 Å². The molecule has 5 rings (SSSR count). The number of pyridine rings is 2. The molecule has 1 aliphatic heterocycles. The quantitative estimate of drug-likeness (QED) is 0.323. The van der Waals surface area contributed by atoms with Crippen molar-refractivity contribution in [2.45, 2.75) is 32.2 Å². The van der Waals surface area contributed by atoms with Gasteiger partial charge in [0.15, 0.2) is 5.65 Å². The van der Waals surface area contributed by atoms with Crippen molar-refractivity contribution in [3.05, 3.63) is 71.0 Å². The number of H-pyrrole nitrogens is 1. The van der Waals surface area contributed by atoms with E-state index in [0.717, 1.165) is 24.2 Å². The van der Waals surface area contributed by atoms with Gasteiger partial charge in [0.25, 0.3) is 0 Å². The van der Waals surface area contributed by atoms with Crippen LogP contribution in [0.5, 0.6) is 11.8 Å². The first-order valence-electron chi connectivity index (χ1n) is 12.1. The van der Waals surface area contributed by atoms with Gasteiger partial charge in [-0.15, -0.1) is 0 Å². The monoisotopic (exact) mass is 528 g/mol. The zero-order chi connectivity index (χ0) is 26.7. The first-order chi connectivity index (χ1) is 18.3. The van der Waals surface area contributed by atoms with Crippen LogP contribution in [0.4, 0.5) is 0 Å². The maximum Gasteiger partial charge on any atom is 0.301 e. The summed E-state index contributed by atoms with van der Waals surface area (Å²) in [6, 6.07) is 15.5. The fraction of sp³-hybridized carbons (Fsp3) is 0.250. The number of nitriles is 1. The van der Waals surface area contributed by atoms with Gasteiger partial charge in [-0.2, -0.15) is 10.2 Å². The molecule has 0 unspecified atom stereocenters. The van der Waals surface area contributed by atoms with Crippen molar-refractivity contribution in [3.8, 4) is 29.1 Å². The summed E-state index contributed by atoms with van der Waals surface area (Å²) in [4.78, 5) is 28.5. The lowest BCUT2D eigenvalue weighted by Crippen LogP contribution is -2.41. The van der Waals surface area contributed by atoms with Crippen LogP contribution >= 0.6 is 11.6 Å². The number of aromatic nitrogens is 4. The van der Waals surface area contributed by atoms with Crippen molar-refractivity contribution in [1.82, 2.24) is 25.3 Å². The van der Waals surface area contributed by atoms with Gasteiger partial charge in [0.2, 0.25) is 5.91 Å². The van der Waals surface area contributed by atoms with Crippen LogP contribution in [0.25, 0.3) is 28.0 Å². The van der Waals surface area contributed by atoms with Crippen molar-refractivity contribution >= 4 is 34.2 Å². The number of fused-ring (bicyclic) bond motifs is 1. The Morgan fingerprint density at radius 3 is 2.68 bits per heavy atom. The number of halogens is 1. The van der Waals surface area contributed by atoms with Crippen molar-refractivity contribution in [1.29, 1.82) is 5.26 Å². The summed E-state index contributed by atoms with van der Waals surface area (Å²) in [5.41, 5.74) is 4.96. The van der Waals surface area contributed by atoms with Crippen LogP contribution in [0, 0.1) is 11.3 Å². The van der Waals surface area contributed by atoms with Gasteiger partial charge in [0, 0.05) is 5.56 Å². The number of benzene rings is 1. The number of hydrogen-bond donors (Lipinski definition) is 2. The Labute approximate surface area is 224 Å². The summed E-state index contributed by atoms with van der Waals surface area (Å²) < 4.78 is 11.3. The van der Waals surface area contributed by atoms with E-state index < -0.39 is 5.54 Å². The molecular weight excluding hydrogens is 504 g/mol. The Morgan fingerprint density at radius 2 is 2.00 bits per heavy atom. The second-order valence-electron chi connectivity index (χ2n) is 9.35. The Balaban J connectivity index is 1.32. The highest BCUT2D eigenvalue weighted by atomic mass is 35.5. The first-order valence-corrected chi connectivity index (χ1v) is 12.5. The van der Waals surface area contributed by atoms with Crippen LogP contribution in [-0.2, 0) is 15.1 Å². The third-order valence-corrected chi connectivity index (χ3v) is 6.47. The van der Waals surface area contributed by atoms with Crippen LogP contribution < -0.4 is 10.1 Å². The minimum absolute atomic E-state index is 0.212. The van der Waals surface area contributed by atoms with E-state index in [1.807, 2.05) is 32.0 Å². The minimum Gasteiger partial charge on any atom is -0.424 e. The molecule has 1 aliphatic rings. The second kappa shape index (κ2) is 10.6. The summed E-state index contributed by atoms with van der Waals surface area (Å²) in [6.07, 6.45) is 4.34. The molecule has 1 amide bonds. The molecule has 0 saturated carbocycles. The second-order valence-corrected chi connectivity index (χ2v) is 9.76. The zero-order valence-electron chi connectivity index (χ0n) is 20.9. The number of amides is 1. The largest absolute Gasteiger partial charge is 0.424 e. The number of carbonyl (C=O) groups is 1. The fourth-order valence-corrected chi connectivity index (χ4v) is 4.49. The average Bonchev–Trinajstić information content (AvgIpc) is 3.30. The minimum atomic E-state index is -0.747. The molecule has 0 saturated heterocycles. The van der Waals surface area contributed by atoms with E-state index in [1.165, 1.54) is 5.57 Å². The van der Waals surface area contributed by atoms with E-state index in [9.17, 15) is 4.79 Å². The van der Waals surface area contributed by atoms with Gasteiger partial charge in [-0.25, -0.2) is 4.98 Å². The normalized spacial score (nSPS) is 13.6. The van der Waals surface area contributed by atoms with E-state index in [2.05, 4.69) is 43.5 Å². The summed E-state index contributed by atoms with van der Waals surface area (Å²) >= 11 is 6.57. The first kappa shape index (κ1) is 25.4. The van der Waals surface area contributed by atoms with Gasteiger partial charge in [0.1, 0.15) is 12.2 Å². The zero-order valence-corrected chi connectivity index (χ0v) is 21.7. The number of nitrogens with zero attached hydrogens (tertiary/aromatic N) is 4. The molecule has 3 aromatic heterocycles. The van der Waals surface area contributed by atoms with Gasteiger partial charge in [0.05, 0.1) is 52.9 Å². The number of hydrogen-bond acceptors (Lipinski definition) is 7. The molecule has 38 heavy (non-hydrogen) atoms. The lowest BCUT2D eigenvalue weighted by Gasteiger charge is -2.25. The molecule has 0 radical (unpaired) electrons. The van der Waals surface area contributed by atoms with E-state index in [0.29, 0.717) is 39.9 Å². The molecule has 1 aromatic carbocycles. The maximum atomic E-state index is 11.8. The molecule has 0 bridgehead atoms. The van der Waals surface area contributed by atoms with Crippen LogP contribution in [0.1, 0.15) is 37.9 Å². The molecule has 0 atom stereocenters. The molecule has 9 nitrogen and oxygen atoms in total. The molecular formula is C28H25ClN6O3. The number of rotatable bonds is 7. The third-order valence-electron chi connectivity index (χ3n) is 6.18. The number of nitrogens with one attached hydrogen (secondary N) is 2. The summed E-state index contributed by atoms with van der Waals surface area (Å²) in [7, 11) is 0. The van der Waals surface area contributed by atoms with E-state index in [-0.39, 0.29) is 18.3 Å². The van der Waals surface area contributed by atoms with E-state index in [1.54, 1.807) is 24.4 Å². The molecule has 0 aliphatic carbocycles. The highest BCUT2D eigenvalue weighted by Crippen LogP contribution is 2.32. The van der Waals surface area contributed by atoms with Crippen LogP contribution in [-0.4, -0.2) is 39.1 Å². The van der Waals surface area contributed by atoms with Gasteiger partial charge in [-0.1, -0.05) is 41.9 Å². The number of imidazole rings is 1. The van der Waals surface area contributed by atoms with Crippen LogP contribution in [0.3, 0.4) is 0 Å². The Morgan fingerprint density at radius 1 is 1.21 bits per heavy atom. The fourth-order valence-electron chi connectivity index (χ4n) is 4.23. The lowest BCUT2D eigenvalue weighted by atomic mass is 9.99. The lowest BCUT2D eigenvalue weighted by molar-refractivity contribution is -0.121. The smallest absolute Gasteiger partial charge is 0.301 e. The maximum absolute atomic E-state index is 11.8. The molecule has 0 spiro atoms. The van der Waals surface area contributed by atoms with E-state index >= 15 is 0 Å². The molecule has 192 valence electrons. The number of ether oxygens (including phenoxy) is 2. The predicted molar refractivity (Wildman–Crippen MR) is 143 cm³/mol. The predicted octanol–water partition coefficient (Wildman–Crippen LogP) is 5.53. The summed E-state index contributed by atoms with van der Waals surface area (Å²) in [5, 5.41) is 12.0. The molecule has 4 aromatic rings. The number of carbonyl (C=O) groups excluding carboxylic acids is 1. The van der Waals surface area contributed by atoms with Crippen molar-refractivity contribution in [2.75, 3.05) is 13.2 Å². The standard InChI is InChI=1S/C28H25ClN6O3/c1-28(2,35-24(36)9-12-30)23-8-7-20(16-31-23)38-27-32-22-15-21(29)25(33-26(22)34-27)19-5-3-17(4-6-19)18-10-13-37-14-11-18/h3-8,10,15-16H,9,11,13-14H2,1-2H3,(H,35,36)(H,32,33,34). The topological polar surface area (TPSA) is 126 Å².